The monoisotopic (exact) mass is 747 g/mol. The van der Waals surface area contributed by atoms with Gasteiger partial charge in [0.2, 0.25) is 0 Å². The van der Waals surface area contributed by atoms with Crippen LogP contribution in [0.25, 0.3) is 76.9 Å². The number of aliphatic imine (C=N–C) groups is 1. The molecule has 9 aromatic carbocycles. The number of nitrogens with one attached hydrogen (secondary N) is 2. The van der Waals surface area contributed by atoms with Crippen molar-refractivity contribution in [1.82, 2.24) is 0 Å². The molecule has 4 heteroatoms. The first-order valence-electron chi connectivity index (χ1n) is 19.2. The van der Waals surface area contributed by atoms with Crippen LogP contribution in [-0.2, 0) is 0 Å². The number of benzene rings is 9. The van der Waals surface area contributed by atoms with Gasteiger partial charge >= 0.3 is 0 Å². The fourth-order valence-electron chi connectivity index (χ4n) is 7.47. The second-order valence-electron chi connectivity index (χ2n) is 14.0. The molecule has 0 radical (unpaired) electrons. The molecule has 0 spiro atoms. The summed E-state index contributed by atoms with van der Waals surface area (Å²) in [6.07, 6.45) is 1.42. The van der Waals surface area contributed by atoms with Crippen molar-refractivity contribution in [3.8, 4) is 33.4 Å². The lowest BCUT2D eigenvalue weighted by molar-refractivity contribution is 0.671. The maximum Gasteiger partial charge on any atom is 0.151 e. The Bertz CT molecular complexity index is 3040. The Balaban J connectivity index is 0.000000156. The molecule has 58 heavy (non-hydrogen) atoms. The zero-order valence-corrected chi connectivity index (χ0v) is 32.2. The van der Waals surface area contributed by atoms with Gasteiger partial charge in [-0.15, -0.1) is 0 Å². The van der Waals surface area contributed by atoms with Gasteiger partial charge in [0.15, 0.2) is 5.84 Å². The van der Waals surface area contributed by atoms with Crippen LogP contribution in [0, 0.1) is 17.7 Å². The normalized spacial score (nSPS) is 10.7. The number of furan rings is 1. The van der Waals surface area contributed by atoms with Gasteiger partial charge in [0.05, 0.1) is 0 Å². The van der Waals surface area contributed by atoms with Gasteiger partial charge in [0, 0.05) is 39.2 Å². The second-order valence-corrected chi connectivity index (χ2v) is 14.0. The largest absolute Gasteiger partial charge is 0.455 e. The maximum atomic E-state index is 8.08. The van der Waals surface area contributed by atoms with Crippen LogP contribution in [0.1, 0.15) is 16.7 Å². The lowest BCUT2D eigenvalue weighted by Crippen LogP contribution is -1.96. The quantitative estimate of drug-likeness (QED) is 0.103. The van der Waals surface area contributed by atoms with E-state index in [2.05, 4.69) is 128 Å². The van der Waals surface area contributed by atoms with Crippen molar-refractivity contribution in [2.45, 2.75) is 6.92 Å². The molecule has 0 aliphatic carbocycles. The highest BCUT2D eigenvalue weighted by Gasteiger charge is 2.20. The van der Waals surface area contributed by atoms with E-state index < -0.39 is 0 Å². The molecule has 10 rings (SSSR count). The summed E-state index contributed by atoms with van der Waals surface area (Å²) in [5.74, 6) is 0.219. The summed E-state index contributed by atoms with van der Waals surface area (Å²) in [5.41, 5.74) is 11.3. The number of hydrogen-bond acceptors (Lipinski definition) is 3. The SMILES string of the molecule is C=NC(=N)c1cc2ccccc2c2ccccc12.Cc1ccccc1.N=Cc1ccc(-c2ccccc2)c2oc3c(-c4ccccc4)cc(-c4ccccc4)cc3c12. The first-order chi connectivity index (χ1) is 28.5. The third-order valence-electron chi connectivity index (χ3n) is 10.3. The first-order valence-corrected chi connectivity index (χ1v) is 19.2. The molecule has 1 aromatic heterocycles. The van der Waals surface area contributed by atoms with Crippen LogP contribution in [0.4, 0.5) is 0 Å². The van der Waals surface area contributed by atoms with Crippen molar-refractivity contribution in [3.05, 3.63) is 217 Å². The molecule has 0 atom stereocenters. The van der Waals surface area contributed by atoms with Gasteiger partial charge in [-0.05, 0) is 81.7 Å². The highest BCUT2D eigenvalue weighted by Crippen LogP contribution is 2.43. The fourth-order valence-corrected chi connectivity index (χ4v) is 7.47. The number of hydrogen-bond donors (Lipinski definition) is 2. The number of rotatable bonds is 5. The summed E-state index contributed by atoms with van der Waals surface area (Å²) in [6.45, 7) is 5.53. The van der Waals surface area contributed by atoms with Gasteiger partial charge < -0.3 is 9.83 Å². The molecule has 1 heterocycles. The minimum absolute atomic E-state index is 0.219. The van der Waals surface area contributed by atoms with Crippen molar-refractivity contribution >= 4 is 62.3 Å². The second kappa shape index (κ2) is 17.0. The van der Waals surface area contributed by atoms with Gasteiger partial charge in [-0.3, -0.25) is 5.41 Å². The molecule has 0 aliphatic heterocycles. The van der Waals surface area contributed by atoms with Crippen molar-refractivity contribution in [2.75, 3.05) is 0 Å². The van der Waals surface area contributed by atoms with Crippen LogP contribution < -0.4 is 0 Å². The van der Waals surface area contributed by atoms with Gasteiger partial charge in [-0.25, -0.2) is 4.99 Å². The van der Waals surface area contributed by atoms with Crippen LogP contribution in [0.2, 0.25) is 0 Å². The summed E-state index contributed by atoms with van der Waals surface area (Å²) in [6, 6.07) is 68.1. The van der Waals surface area contributed by atoms with Crippen molar-refractivity contribution in [2.24, 2.45) is 4.99 Å². The van der Waals surface area contributed by atoms with Gasteiger partial charge in [-0.2, -0.15) is 0 Å². The van der Waals surface area contributed by atoms with E-state index >= 15 is 0 Å². The molecule has 0 aliphatic rings. The Morgan fingerprint density at radius 3 is 1.62 bits per heavy atom. The van der Waals surface area contributed by atoms with Gasteiger partial charge in [-0.1, -0.05) is 181 Å². The first kappa shape index (κ1) is 37.2. The highest BCUT2D eigenvalue weighted by atomic mass is 16.3. The number of fused-ring (bicyclic) bond motifs is 6. The van der Waals surface area contributed by atoms with Crippen molar-refractivity contribution < 1.29 is 4.42 Å². The molecule has 0 amide bonds. The molecular formula is C54H41N3O. The Labute approximate surface area is 338 Å². The Morgan fingerprint density at radius 2 is 1.03 bits per heavy atom. The van der Waals surface area contributed by atoms with E-state index in [4.69, 9.17) is 15.2 Å². The standard InChI is InChI=1S/C31H21NO.C16H12N2.C7H8/c32-20-24-16-17-26(22-12-6-2-7-13-22)31-29(24)28-19-25(21-10-4-1-5-11-21)18-27(30(28)33-31)23-14-8-3-9-15-23;1-18-16(17)15-10-11-6-2-3-7-12(11)13-8-4-5-9-14(13)15;1-7-5-3-2-4-6-7/h1-20,32H;2-10,17H,1H2;2-6H,1H3. The molecule has 278 valence electrons. The number of aryl methyl sites for hydroxylation is 1. The number of nitrogens with zero attached hydrogens (tertiary/aromatic N) is 1. The minimum atomic E-state index is 0.219. The molecule has 2 N–H and O–H groups in total. The average molecular weight is 748 g/mol. The molecule has 0 fully saturated rings. The summed E-state index contributed by atoms with van der Waals surface area (Å²) < 4.78 is 6.65. The van der Waals surface area contributed by atoms with Crippen LogP contribution in [0.15, 0.2) is 210 Å². The summed E-state index contributed by atoms with van der Waals surface area (Å²) >= 11 is 0. The van der Waals surface area contributed by atoms with E-state index in [0.717, 1.165) is 82.6 Å². The van der Waals surface area contributed by atoms with E-state index in [1.807, 2.05) is 91.0 Å². The van der Waals surface area contributed by atoms with Crippen LogP contribution >= 0.6 is 0 Å². The Morgan fingerprint density at radius 1 is 0.500 bits per heavy atom. The van der Waals surface area contributed by atoms with Gasteiger partial charge in [0.25, 0.3) is 0 Å². The van der Waals surface area contributed by atoms with E-state index in [9.17, 15) is 0 Å². The number of amidine groups is 1. The van der Waals surface area contributed by atoms with E-state index in [0.29, 0.717) is 0 Å². The molecule has 10 aromatic rings. The summed E-state index contributed by atoms with van der Waals surface area (Å²) in [7, 11) is 0. The molecule has 0 unspecified atom stereocenters. The Kier molecular flexibility index (Phi) is 10.9. The predicted molar refractivity (Wildman–Crippen MR) is 247 cm³/mol. The van der Waals surface area contributed by atoms with E-state index in [1.165, 1.54) is 17.2 Å². The minimum Gasteiger partial charge on any atom is -0.455 e. The highest BCUT2D eigenvalue weighted by molar-refractivity contribution is 6.20. The lowest BCUT2D eigenvalue weighted by atomic mass is 9.94. The van der Waals surface area contributed by atoms with Crippen molar-refractivity contribution in [1.29, 1.82) is 10.8 Å². The molecule has 0 bridgehead atoms. The maximum absolute atomic E-state index is 8.08. The van der Waals surface area contributed by atoms with Crippen molar-refractivity contribution in [3.63, 3.8) is 0 Å². The van der Waals surface area contributed by atoms with Crippen LogP contribution in [-0.4, -0.2) is 18.8 Å². The van der Waals surface area contributed by atoms with Gasteiger partial charge in [0.1, 0.15) is 11.2 Å². The Hall–Kier alpha value is -7.69. The smallest absolute Gasteiger partial charge is 0.151 e. The topological polar surface area (TPSA) is 73.2 Å². The molecule has 0 saturated carbocycles. The third kappa shape index (κ3) is 7.60. The molecule has 4 nitrogen and oxygen atoms in total. The van der Waals surface area contributed by atoms with E-state index in [1.54, 1.807) is 0 Å². The average Bonchev–Trinajstić information content (AvgIpc) is 3.69. The van der Waals surface area contributed by atoms with Crippen LogP contribution in [0.5, 0.6) is 0 Å². The zero-order chi connectivity index (χ0) is 39.8. The summed E-state index contributed by atoms with van der Waals surface area (Å²) in [5, 5.41) is 22.5. The zero-order valence-electron chi connectivity index (χ0n) is 32.2. The van der Waals surface area contributed by atoms with E-state index in [-0.39, 0.29) is 5.84 Å². The molecule has 0 saturated heterocycles. The predicted octanol–water partition coefficient (Wildman–Crippen LogP) is 14.6. The molecular weight excluding hydrogens is 707 g/mol. The fraction of sp³-hybridized carbons (Fsp3) is 0.0185. The third-order valence-corrected chi connectivity index (χ3v) is 10.3. The summed E-state index contributed by atoms with van der Waals surface area (Å²) in [4.78, 5) is 3.75. The lowest BCUT2D eigenvalue weighted by Gasteiger charge is -2.08. The van der Waals surface area contributed by atoms with Crippen LogP contribution in [0.3, 0.4) is 0 Å².